The lowest BCUT2D eigenvalue weighted by Crippen LogP contribution is -2.39. The van der Waals surface area contributed by atoms with E-state index in [0.29, 0.717) is 0 Å². The Hall–Kier alpha value is -1.86. The summed E-state index contributed by atoms with van der Waals surface area (Å²) in [6, 6.07) is 3.17. The van der Waals surface area contributed by atoms with Crippen LogP contribution in [0.25, 0.3) is 0 Å². The molecule has 0 radical (unpaired) electrons. The molecule has 20 heavy (non-hydrogen) atoms. The van der Waals surface area contributed by atoms with Crippen LogP contribution in [-0.4, -0.2) is 24.2 Å². The predicted octanol–water partition coefficient (Wildman–Crippen LogP) is 3.51. The molecule has 0 bridgehead atoms. The Kier molecular flexibility index (Phi) is 3.82. The summed E-state index contributed by atoms with van der Waals surface area (Å²) in [4.78, 5) is 11.3. The van der Waals surface area contributed by atoms with Crippen molar-refractivity contribution in [2.45, 2.75) is 19.0 Å². The van der Waals surface area contributed by atoms with Crippen LogP contribution in [0, 0.1) is 21.8 Å². The fourth-order valence-corrected chi connectivity index (χ4v) is 2.31. The number of hydrogen-bond acceptors (Lipinski definition) is 3. The van der Waals surface area contributed by atoms with Crippen LogP contribution in [0.5, 0.6) is 0 Å². The Morgan fingerprint density at radius 3 is 2.30 bits per heavy atom. The fourth-order valence-electron chi connectivity index (χ4n) is 2.31. The number of nitrogens with zero attached hydrogens (tertiary/aromatic N) is 2. The van der Waals surface area contributed by atoms with Crippen LogP contribution in [-0.2, 0) is 0 Å². The average molecular weight is 292 g/mol. The van der Waals surface area contributed by atoms with E-state index >= 15 is 0 Å². The topological polar surface area (TPSA) is 46.4 Å². The minimum atomic E-state index is -4.22. The predicted molar refractivity (Wildman–Crippen MR) is 64.0 cm³/mol. The van der Waals surface area contributed by atoms with Gasteiger partial charge in [0, 0.05) is 19.2 Å². The standard InChI is InChI=1S/C12H12F4N2O2/c13-10-7-9(18(19)20)1-2-11(10)17-5-3-8(4-6-17)12(14,15)16/h1-2,7-8H,3-6H2. The van der Waals surface area contributed by atoms with Crippen molar-refractivity contribution in [2.24, 2.45) is 5.92 Å². The number of non-ortho nitro benzene ring substituents is 1. The van der Waals surface area contributed by atoms with Crippen LogP contribution in [0.2, 0.25) is 0 Å². The van der Waals surface area contributed by atoms with Gasteiger partial charge in [0.25, 0.3) is 5.69 Å². The molecule has 2 rings (SSSR count). The Balaban J connectivity index is 2.09. The van der Waals surface area contributed by atoms with Gasteiger partial charge < -0.3 is 4.90 Å². The van der Waals surface area contributed by atoms with Gasteiger partial charge in [-0.15, -0.1) is 0 Å². The summed E-state index contributed by atoms with van der Waals surface area (Å²) >= 11 is 0. The molecule has 0 saturated carbocycles. The molecular formula is C12H12F4N2O2. The molecule has 1 aromatic carbocycles. The zero-order valence-corrected chi connectivity index (χ0v) is 10.4. The van der Waals surface area contributed by atoms with Crippen molar-refractivity contribution >= 4 is 11.4 Å². The highest BCUT2D eigenvalue weighted by molar-refractivity contribution is 5.52. The van der Waals surface area contributed by atoms with Gasteiger partial charge in [-0.25, -0.2) is 4.39 Å². The lowest BCUT2D eigenvalue weighted by molar-refractivity contribution is -0.385. The highest BCUT2D eigenvalue weighted by Gasteiger charge is 2.41. The van der Waals surface area contributed by atoms with Gasteiger partial charge in [0.15, 0.2) is 5.82 Å². The highest BCUT2D eigenvalue weighted by Crippen LogP contribution is 2.36. The number of anilines is 1. The van der Waals surface area contributed by atoms with Crippen molar-refractivity contribution < 1.29 is 22.5 Å². The van der Waals surface area contributed by atoms with Crippen molar-refractivity contribution in [3.05, 3.63) is 34.1 Å². The summed E-state index contributed by atoms with van der Waals surface area (Å²) in [5.74, 6) is -2.15. The second-order valence-electron chi connectivity index (χ2n) is 4.70. The molecular weight excluding hydrogens is 280 g/mol. The lowest BCUT2D eigenvalue weighted by atomic mass is 9.96. The number of piperidine rings is 1. The van der Waals surface area contributed by atoms with E-state index in [4.69, 9.17) is 0 Å². The third-order valence-electron chi connectivity index (χ3n) is 3.44. The van der Waals surface area contributed by atoms with Crippen molar-refractivity contribution in [1.82, 2.24) is 0 Å². The molecule has 1 aliphatic rings. The molecule has 0 N–H and O–H groups in total. The first kappa shape index (κ1) is 14.5. The summed E-state index contributed by atoms with van der Waals surface area (Å²) in [7, 11) is 0. The quantitative estimate of drug-likeness (QED) is 0.476. The molecule has 1 aromatic rings. The molecule has 0 unspecified atom stereocenters. The summed E-state index contributed by atoms with van der Waals surface area (Å²) in [6.07, 6.45) is -4.42. The molecule has 1 saturated heterocycles. The number of nitro benzene ring substituents is 1. The van der Waals surface area contributed by atoms with Gasteiger partial charge >= 0.3 is 6.18 Å². The molecule has 0 aromatic heterocycles. The maximum absolute atomic E-state index is 13.8. The van der Waals surface area contributed by atoms with Crippen molar-refractivity contribution in [3.63, 3.8) is 0 Å². The number of alkyl halides is 3. The number of halogens is 4. The number of rotatable bonds is 2. The third kappa shape index (κ3) is 3.00. The summed E-state index contributed by atoms with van der Waals surface area (Å²) < 4.78 is 51.3. The van der Waals surface area contributed by atoms with E-state index in [1.165, 1.54) is 11.0 Å². The van der Waals surface area contributed by atoms with Crippen LogP contribution in [0.1, 0.15) is 12.8 Å². The molecule has 4 nitrogen and oxygen atoms in total. The van der Waals surface area contributed by atoms with Crippen LogP contribution in [0.15, 0.2) is 18.2 Å². The Morgan fingerprint density at radius 2 is 1.85 bits per heavy atom. The van der Waals surface area contributed by atoms with E-state index in [-0.39, 0.29) is 37.3 Å². The molecule has 0 amide bonds. The molecule has 0 spiro atoms. The summed E-state index contributed by atoms with van der Waals surface area (Å²) in [5.41, 5.74) is -0.271. The fraction of sp³-hybridized carbons (Fsp3) is 0.500. The molecule has 1 aliphatic heterocycles. The summed E-state index contributed by atoms with van der Waals surface area (Å²) in [5, 5.41) is 10.5. The van der Waals surface area contributed by atoms with Gasteiger partial charge in [-0.05, 0) is 18.9 Å². The largest absolute Gasteiger partial charge is 0.391 e. The van der Waals surface area contributed by atoms with Gasteiger partial charge in [0.1, 0.15) is 0 Å². The minimum absolute atomic E-state index is 0.0822. The second-order valence-corrected chi connectivity index (χ2v) is 4.70. The zero-order chi connectivity index (χ0) is 14.9. The SMILES string of the molecule is O=[N+]([O-])c1ccc(N2CCC(C(F)(F)F)CC2)c(F)c1. The average Bonchev–Trinajstić information content (AvgIpc) is 2.37. The molecule has 0 atom stereocenters. The van der Waals surface area contributed by atoms with E-state index in [1.807, 2.05) is 0 Å². The van der Waals surface area contributed by atoms with E-state index < -0.39 is 22.8 Å². The molecule has 0 aliphatic carbocycles. The minimum Gasteiger partial charge on any atom is -0.369 e. The monoisotopic (exact) mass is 292 g/mol. The smallest absolute Gasteiger partial charge is 0.369 e. The van der Waals surface area contributed by atoms with Crippen LogP contribution < -0.4 is 4.90 Å². The van der Waals surface area contributed by atoms with E-state index in [9.17, 15) is 27.7 Å². The molecule has 8 heteroatoms. The first-order valence-corrected chi connectivity index (χ1v) is 6.04. The Bertz CT molecular complexity index is 511. The van der Waals surface area contributed by atoms with Gasteiger partial charge in [-0.3, -0.25) is 10.1 Å². The van der Waals surface area contributed by atoms with Gasteiger partial charge in [-0.2, -0.15) is 13.2 Å². The highest BCUT2D eigenvalue weighted by atomic mass is 19.4. The van der Waals surface area contributed by atoms with Crippen molar-refractivity contribution in [1.29, 1.82) is 0 Å². The lowest BCUT2D eigenvalue weighted by Gasteiger charge is -2.34. The van der Waals surface area contributed by atoms with Crippen molar-refractivity contribution in [2.75, 3.05) is 18.0 Å². The van der Waals surface area contributed by atoms with Crippen LogP contribution in [0.3, 0.4) is 0 Å². The van der Waals surface area contributed by atoms with Crippen LogP contribution >= 0.6 is 0 Å². The maximum atomic E-state index is 13.8. The Labute approximate surface area is 112 Å². The first-order valence-electron chi connectivity index (χ1n) is 6.04. The molecule has 110 valence electrons. The van der Waals surface area contributed by atoms with Gasteiger partial charge in [0.05, 0.1) is 22.6 Å². The van der Waals surface area contributed by atoms with Gasteiger partial charge in [0.2, 0.25) is 0 Å². The van der Waals surface area contributed by atoms with Crippen LogP contribution in [0.4, 0.5) is 28.9 Å². The molecule has 1 fully saturated rings. The van der Waals surface area contributed by atoms with E-state index in [0.717, 1.165) is 12.1 Å². The zero-order valence-electron chi connectivity index (χ0n) is 10.4. The molecule has 1 heterocycles. The second kappa shape index (κ2) is 5.26. The van der Waals surface area contributed by atoms with Crippen molar-refractivity contribution in [3.8, 4) is 0 Å². The normalized spacial score (nSPS) is 17.3. The Morgan fingerprint density at radius 1 is 1.25 bits per heavy atom. The first-order chi connectivity index (χ1) is 9.29. The number of hydrogen-bond donors (Lipinski definition) is 0. The van der Waals surface area contributed by atoms with E-state index in [1.54, 1.807) is 0 Å². The maximum Gasteiger partial charge on any atom is 0.391 e. The van der Waals surface area contributed by atoms with Gasteiger partial charge in [-0.1, -0.05) is 0 Å². The number of benzene rings is 1. The van der Waals surface area contributed by atoms with E-state index in [2.05, 4.69) is 0 Å². The number of nitro groups is 1. The summed E-state index contributed by atoms with van der Waals surface area (Å²) in [6.45, 7) is 0.164. The third-order valence-corrected chi connectivity index (χ3v) is 3.44.